The minimum atomic E-state index is -0.774. The number of unbranched alkanes of at least 4 members (excludes halogenated alkanes) is 44. The van der Waals surface area contributed by atoms with E-state index in [0.29, 0.717) is 19.3 Å². The summed E-state index contributed by atoms with van der Waals surface area (Å²) in [4.78, 5) is 38.3. The predicted octanol–water partition coefficient (Wildman–Crippen LogP) is 22.4. The largest absolute Gasteiger partial charge is 0.462 e. The molecule has 0 aromatic carbocycles. The quantitative estimate of drug-likeness (QED) is 0.0261. The highest BCUT2D eigenvalue weighted by Gasteiger charge is 2.19. The molecule has 0 fully saturated rings. The average molecular weight is 1040 g/mol. The Balaban J connectivity index is 4.26. The third-order valence-electron chi connectivity index (χ3n) is 14.9. The zero-order valence-electron chi connectivity index (χ0n) is 49.9. The topological polar surface area (TPSA) is 78.9 Å². The molecule has 0 aliphatic heterocycles. The number of hydrogen-bond donors (Lipinski definition) is 0. The van der Waals surface area contributed by atoms with Crippen LogP contribution in [0.2, 0.25) is 0 Å². The van der Waals surface area contributed by atoms with Crippen molar-refractivity contribution in [2.75, 3.05) is 13.2 Å². The number of rotatable bonds is 61. The standard InChI is InChI=1S/C68H126O6/c1-4-7-10-13-16-19-22-25-28-30-31-32-33-34-35-36-38-40-43-46-49-52-55-58-61-67(70)73-64-65(63-72-66(69)60-57-54-51-48-45-42-39-27-24-21-18-15-12-9-6-3)74-68(71)62-59-56-53-50-47-44-41-37-29-26-23-20-17-14-11-8-5-2/h8,11,17,20,26,29,65H,4-7,9-10,12-16,18-19,21-25,27-28,30-64H2,1-3H3/b11-8-,20-17-,29-26-. The number of ether oxygens (including phenoxy) is 3. The Hall–Kier alpha value is -2.37. The van der Waals surface area contributed by atoms with Crippen LogP contribution in [0.3, 0.4) is 0 Å². The smallest absolute Gasteiger partial charge is 0.306 e. The van der Waals surface area contributed by atoms with Gasteiger partial charge in [-0.15, -0.1) is 0 Å². The monoisotopic (exact) mass is 1040 g/mol. The minimum absolute atomic E-state index is 0.0707. The molecule has 0 heterocycles. The zero-order valence-corrected chi connectivity index (χ0v) is 49.9. The Labute approximate surface area is 461 Å². The highest BCUT2D eigenvalue weighted by molar-refractivity contribution is 5.71. The maximum atomic E-state index is 12.9. The summed E-state index contributed by atoms with van der Waals surface area (Å²) in [7, 11) is 0. The summed E-state index contributed by atoms with van der Waals surface area (Å²) < 4.78 is 17.0. The number of esters is 3. The molecule has 0 amide bonds. The van der Waals surface area contributed by atoms with E-state index < -0.39 is 6.10 Å². The van der Waals surface area contributed by atoms with Gasteiger partial charge < -0.3 is 14.2 Å². The Morgan fingerprint density at radius 1 is 0.284 bits per heavy atom. The lowest BCUT2D eigenvalue weighted by molar-refractivity contribution is -0.167. The molecule has 0 aromatic rings. The summed E-state index contributed by atoms with van der Waals surface area (Å²) in [6.07, 6.45) is 77.3. The van der Waals surface area contributed by atoms with Crippen LogP contribution in [0.25, 0.3) is 0 Å². The van der Waals surface area contributed by atoms with Crippen LogP contribution in [0.15, 0.2) is 36.5 Å². The molecule has 0 radical (unpaired) electrons. The number of carbonyl (C=O) groups excluding carboxylic acids is 3. The van der Waals surface area contributed by atoms with E-state index in [0.717, 1.165) is 83.5 Å². The van der Waals surface area contributed by atoms with Crippen LogP contribution in [0.1, 0.15) is 361 Å². The van der Waals surface area contributed by atoms with Crippen LogP contribution in [-0.4, -0.2) is 37.2 Å². The van der Waals surface area contributed by atoms with Crippen molar-refractivity contribution in [2.45, 2.75) is 367 Å². The second-order valence-corrected chi connectivity index (χ2v) is 22.4. The van der Waals surface area contributed by atoms with Gasteiger partial charge in [-0.2, -0.15) is 0 Å². The molecule has 0 aliphatic rings. The average Bonchev–Trinajstić information content (AvgIpc) is 3.40. The third-order valence-corrected chi connectivity index (χ3v) is 14.9. The molecular weight excluding hydrogens is 913 g/mol. The Morgan fingerprint density at radius 2 is 0.527 bits per heavy atom. The lowest BCUT2D eigenvalue weighted by atomic mass is 10.0. The van der Waals surface area contributed by atoms with Crippen LogP contribution in [0, 0.1) is 0 Å². The number of carbonyl (C=O) groups is 3. The molecule has 6 heteroatoms. The van der Waals surface area contributed by atoms with Crippen molar-refractivity contribution < 1.29 is 28.6 Å². The molecule has 74 heavy (non-hydrogen) atoms. The van der Waals surface area contributed by atoms with Crippen LogP contribution in [0.4, 0.5) is 0 Å². The summed E-state index contributed by atoms with van der Waals surface area (Å²) in [6, 6.07) is 0. The second kappa shape index (κ2) is 63.2. The van der Waals surface area contributed by atoms with Crippen LogP contribution in [0.5, 0.6) is 0 Å². The van der Waals surface area contributed by atoms with Crippen molar-refractivity contribution in [3.8, 4) is 0 Å². The van der Waals surface area contributed by atoms with E-state index in [4.69, 9.17) is 14.2 Å². The van der Waals surface area contributed by atoms with Crippen LogP contribution < -0.4 is 0 Å². The fourth-order valence-corrected chi connectivity index (χ4v) is 9.99. The van der Waals surface area contributed by atoms with E-state index in [1.54, 1.807) is 0 Å². The summed E-state index contributed by atoms with van der Waals surface area (Å²) in [5, 5.41) is 0. The lowest BCUT2D eigenvalue weighted by Gasteiger charge is -2.18. The van der Waals surface area contributed by atoms with Gasteiger partial charge in [-0.25, -0.2) is 0 Å². The summed E-state index contributed by atoms with van der Waals surface area (Å²) >= 11 is 0. The molecule has 434 valence electrons. The van der Waals surface area contributed by atoms with E-state index in [1.165, 1.54) is 238 Å². The molecular formula is C68H126O6. The van der Waals surface area contributed by atoms with Gasteiger partial charge in [0, 0.05) is 19.3 Å². The molecule has 0 aromatic heterocycles. The molecule has 0 spiro atoms. The predicted molar refractivity (Wildman–Crippen MR) is 321 cm³/mol. The van der Waals surface area contributed by atoms with Gasteiger partial charge in [0.25, 0.3) is 0 Å². The molecule has 0 N–H and O–H groups in total. The molecule has 1 atom stereocenters. The number of allylic oxidation sites excluding steroid dienone is 6. The third kappa shape index (κ3) is 60.5. The van der Waals surface area contributed by atoms with E-state index in [-0.39, 0.29) is 31.1 Å². The van der Waals surface area contributed by atoms with E-state index in [1.807, 2.05) is 0 Å². The van der Waals surface area contributed by atoms with Gasteiger partial charge in [0.1, 0.15) is 13.2 Å². The lowest BCUT2D eigenvalue weighted by Crippen LogP contribution is -2.30. The fourth-order valence-electron chi connectivity index (χ4n) is 9.99. The first kappa shape index (κ1) is 71.6. The van der Waals surface area contributed by atoms with Gasteiger partial charge in [0.05, 0.1) is 0 Å². The fraction of sp³-hybridized carbons (Fsp3) is 0.868. The van der Waals surface area contributed by atoms with Gasteiger partial charge in [0.15, 0.2) is 6.10 Å². The van der Waals surface area contributed by atoms with E-state index in [9.17, 15) is 14.4 Å². The molecule has 0 saturated carbocycles. The Morgan fingerprint density at radius 3 is 0.824 bits per heavy atom. The SMILES string of the molecule is CC/C=C\C/C=C\C/C=C\CCCCCCCCCC(=O)OC(COC(=O)CCCCCCCCCCCCCCCCC)COC(=O)CCCCCCCCCCCCCCCCCCCCCCCCCC. The van der Waals surface area contributed by atoms with Crippen LogP contribution in [-0.2, 0) is 28.6 Å². The van der Waals surface area contributed by atoms with Gasteiger partial charge in [-0.3, -0.25) is 14.4 Å². The molecule has 6 nitrogen and oxygen atoms in total. The first-order chi connectivity index (χ1) is 36.5. The first-order valence-electron chi connectivity index (χ1n) is 33.0. The van der Waals surface area contributed by atoms with Gasteiger partial charge in [-0.1, -0.05) is 327 Å². The highest BCUT2D eigenvalue weighted by atomic mass is 16.6. The summed E-state index contributed by atoms with van der Waals surface area (Å²) in [5.74, 6) is -0.853. The van der Waals surface area contributed by atoms with Gasteiger partial charge in [-0.05, 0) is 51.4 Å². The minimum Gasteiger partial charge on any atom is -0.462 e. The highest BCUT2D eigenvalue weighted by Crippen LogP contribution is 2.18. The zero-order chi connectivity index (χ0) is 53.6. The van der Waals surface area contributed by atoms with E-state index >= 15 is 0 Å². The van der Waals surface area contributed by atoms with Crippen LogP contribution >= 0.6 is 0 Å². The van der Waals surface area contributed by atoms with Crippen molar-refractivity contribution in [2.24, 2.45) is 0 Å². The summed E-state index contributed by atoms with van der Waals surface area (Å²) in [5.41, 5.74) is 0. The molecule has 0 saturated heterocycles. The molecule has 1 unspecified atom stereocenters. The van der Waals surface area contributed by atoms with E-state index in [2.05, 4.69) is 57.2 Å². The summed E-state index contributed by atoms with van der Waals surface area (Å²) in [6.45, 7) is 6.59. The Kier molecular flexibility index (Phi) is 61.1. The maximum Gasteiger partial charge on any atom is 0.306 e. The van der Waals surface area contributed by atoms with Crippen molar-refractivity contribution in [1.82, 2.24) is 0 Å². The van der Waals surface area contributed by atoms with Crippen molar-refractivity contribution in [1.29, 1.82) is 0 Å². The maximum absolute atomic E-state index is 12.9. The second-order valence-electron chi connectivity index (χ2n) is 22.4. The van der Waals surface area contributed by atoms with Gasteiger partial charge in [0.2, 0.25) is 0 Å². The van der Waals surface area contributed by atoms with Crippen molar-refractivity contribution in [3.05, 3.63) is 36.5 Å². The van der Waals surface area contributed by atoms with Crippen molar-refractivity contribution in [3.63, 3.8) is 0 Å². The first-order valence-corrected chi connectivity index (χ1v) is 33.0. The number of hydrogen-bond acceptors (Lipinski definition) is 6. The van der Waals surface area contributed by atoms with Gasteiger partial charge >= 0.3 is 17.9 Å². The molecule has 0 bridgehead atoms. The van der Waals surface area contributed by atoms with Crippen molar-refractivity contribution >= 4 is 17.9 Å². The Bertz CT molecular complexity index is 1240. The normalized spacial score (nSPS) is 12.2. The molecule has 0 rings (SSSR count). The molecule has 0 aliphatic carbocycles.